The highest BCUT2D eigenvalue weighted by molar-refractivity contribution is 4.87. The van der Waals surface area contributed by atoms with Gasteiger partial charge in [0.15, 0.2) is 0 Å². The van der Waals surface area contributed by atoms with Crippen LogP contribution in [0.4, 0.5) is 13.2 Å². The molecular formula is C10H17F3. The first-order valence-electron chi connectivity index (χ1n) is 5.63. The molecular weight excluding hydrogens is 177 g/mol. The van der Waals surface area contributed by atoms with Gasteiger partial charge in [0.2, 0.25) is 0 Å². The largest absolute Gasteiger partial charge is 0.394 e. The van der Waals surface area contributed by atoms with E-state index >= 15 is 0 Å². The Morgan fingerprint density at radius 2 is 1.85 bits per heavy atom. The first-order valence-corrected chi connectivity index (χ1v) is 4.63. The highest BCUT2D eigenvalue weighted by Gasteiger charge is 2.51. The van der Waals surface area contributed by atoms with Crippen LogP contribution in [-0.2, 0) is 0 Å². The van der Waals surface area contributed by atoms with Gasteiger partial charge in [-0.05, 0) is 31.6 Å². The van der Waals surface area contributed by atoms with Crippen LogP contribution in [0.1, 0.15) is 48.6 Å². The first kappa shape index (κ1) is 8.13. The number of halogens is 3. The number of alkyl halides is 3. The predicted molar refractivity (Wildman–Crippen MR) is 46.4 cm³/mol. The fraction of sp³-hybridized carbons (Fsp3) is 1.00. The second-order valence-corrected chi connectivity index (χ2v) is 4.12. The van der Waals surface area contributed by atoms with Crippen LogP contribution in [0.3, 0.4) is 0 Å². The molecule has 1 rings (SSSR count). The van der Waals surface area contributed by atoms with Crippen LogP contribution in [0, 0.1) is 11.3 Å². The minimum Gasteiger partial charge on any atom is -0.171 e. The molecule has 3 heteroatoms. The van der Waals surface area contributed by atoms with Gasteiger partial charge < -0.3 is 0 Å². The number of hydrogen-bond acceptors (Lipinski definition) is 0. The zero-order chi connectivity index (χ0) is 11.9. The van der Waals surface area contributed by atoms with Crippen LogP contribution in [0.2, 0.25) is 0 Å². The van der Waals surface area contributed by atoms with Crippen LogP contribution >= 0.6 is 0 Å². The van der Waals surface area contributed by atoms with Crippen LogP contribution in [-0.4, -0.2) is 6.18 Å². The van der Waals surface area contributed by atoms with Gasteiger partial charge >= 0.3 is 6.18 Å². The molecule has 0 amide bonds. The van der Waals surface area contributed by atoms with E-state index in [1.54, 1.807) is 0 Å². The maximum absolute atomic E-state index is 12.7. The van der Waals surface area contributed by atoms with Crippen molar-refractivity contribution in [3.8, 4) is 0 Å². The lowest BCUT2D eigenvalue weighted by Gasteiger charge is -2.38. The van der Waals surface area contributed by atoms with Gasteiger partial charge in [-0.3, -0.25) is 0 Å². The molecule has 0 bridgehead atoms. The van der Waals surface area contributed by atoms with Gasteiger partial charge in [0.1, 0.15) is 0 Å². The van der Waals surface area contributed by atoms with Crippen molar-refractivity contribution in [2.24, 2.45) is 11.3 Å². The van der Waals surface area contributed by atoms with Crippen molar-refractivity contribution in [2.45, 2.75) is 52.1 Å². The third kappa shape index (κ3) is 2.18. The standard InChI is InChI=1S/C10H17F3/c1-3-8-4-6-9(2,7-5-8)10(11,12)13/h8H,3-7H2,1-2H3/i3D2. The molecule has 0 atom stereocenters. The highest BCUT2D eigenvalue weighted by Crippen LogP contribution is 2.50. The molecule has 0 nitrogen and oxygen atoms in total. The van der Waals surface area contributed by atoms with Gasteiger partial charge in [0.05, 0.1) is 5.41 Å². The van der Waals surface area contributed by atoms with Crippen molar-refractivity contribution >= 4 is 0 Å². The molecule has 0 aliphatic heterocycles. The minimum atomic E-state index is -4.15. The van der Waals surface area contributed by atoms with Crippen molar-refractivity contribution < 1.29 is 15.9 Å². The van der Waals surface area contributed by atoms with Crippen molar-refractivity contribution in [1.29, 1.82) is 0 Å². The lowest BCUT2D eigenvalue weighted by atomic mass is 9.71. The predicted octanol–water partition coefficient (Wildman–Crippen LogP) is 4.16. The zero-order valence-electron chi connectivity index (χ0n) is 10.0. The molecule has 1 saturated carbocycles. The Morgan fingerprint density at radius 3 is 2.15 bits per heavy atom. The topological polar surface area (TPSA) is 0 Å². The Morgan fingerprint density at radius 1 is 1.38 bits per heavy atom. The molecule has 0 heterocycles. The van der Waals surface area contributed by atoms with E-state index in [0.29, 0.717) is 12.8 Å². The average molecular weight is 196 g/mol. The van der Waals surface area contributed by atoms with Crippen molar-refractivity contribution in [3.05, 3.63) is 0 Å². The monoisotopic (exact) mass is 196 g/mol. The lowest BCUT2D eigenvalue weighted by Crippen LogP contribution is -2.38. The van der Waals surface area contributed by atoms with Crippen LogP contribution in [0.15, 0.2) is 0 Å². The van der Waals surface area contributed by atoms with Crippen LogP contribution in [0.5, 0.6) is 0 Å². The Labute approximate surface area is 80.3 Å². The van der Waals surface area contributed by atoms with Crippen LogP contribution in [0.25, 0.3) is 0 Å². The average Bonchev–Trinajstić information content (AvgIpc) is 2.01. The summed E-state index contributed by atoms with van der Waals surface area (Å²) in [7, 11) is 0. The van der Waals surface area contributed by atoms with Crippen molar-refractivity contribution in [2.75, 3.05) is 0 Å². The summed E-state index contributed by atoms with van der Waals surface area (Å²) in [5.74, 6) is -0.229. The van der Waals surface area contributed by atoms with Crippen LogP contribution < -0.4 is 0 Å². The summed E-state index contributed by atoms with van der Waals surface area (Å²) in [6.45, 7) is 2.70. The van der Waals surface area contributed by atoms with Gasteiger partial charge in [-0.15, -0.1) is 0 Å². The smallest absolute Gasteiger partial charge is 0.171 e. The molecule has 0 spiro atoms. The summed E-state index contributed by atoms with van der Waals surface area (Å²) in [4.78, 5) is 0. The molecule has 0 aromatic heterocycles. The van der Waals surface area contributed by atoms with E-state index in [1.807, 2.05) is 0 Å². The fourth-order valence-electron chi connectivity index (χ4n) is 1.83. The third-order valence-electron chi connectivity index (χ3n) is 3.18. The molecule has 13 heavy (non-hydrogen) atoms. The van der Waals surface area contributed by atoms with Crippen molar-refractivity contribution in [3.63, 3.8) is 0 Å². The molecule has 1 aliphatic carbocycles. The molecule has 0 unspecified atom stereocenters. The van der Waals surface area contributed by atoms with E-state index < -0.39 is 18.0 Å². The number of rotatable bonds is 1. The Bertz CT molecular complexity index is 222. The minimum absolute atomic E-state index is 0.0501. The van der Waals surface area contributed by atoms with E-state index in [-0.39, 0.29) is 18.8 Å². The van der Waals surface area contributed by atoms with E-state index in [9.17, 15) is 13.2 Å². The number of hydrogen-bond donors (Lipinski definition) is 0. The SMILES string of the molecule is [2H]C([2H])(C)C1CCC(C)(C(F)(F)F)CC1. The van der Waals surface area contributed by atoms with E-state index in [4.69, 9.17) is 2.74 Å². The molecule has 0 radical (unpaired) electrons. The van der Waals surface area contributed by atoms with Gasteiger partial charge in [-0.2, -0.15) is 13.2 Å². The third-order valence-corrected chi connectivity index (χ3v) is 3.18. The summed E-state index contributed by atoms with van der Waals surface area (Å²) < 4.78 is 53.0. The summed E-state index contributed by atoms with van der Waals surface area (Å²) in [5, 5.41) is 0. The molecule has 78 valence electrons. The highest BCUT2D eigenvalue weighted by atomic mass is 19.4. The molecule has 0 aromatic rings. The Kier molecular flexibility index (Phi) is 2.19. The van der Waals surface area contributed by atoms with Gasteiger partial charge in [-0.25, -0.2) is 0 Å². The molecule has 0 N–H and O–H groups in total. The normalized spacial score (nSPS) is 39.6. The van der Waals surface area contributed by atoms with Crippen molar-refractivity contribution in [1.82, 2.24) is 0 Å². The maximum atomic E-state index is 12.7. The maximum Gasteiger partial charge on any atom is 0.394 e. The van der Waals surface area contributed by atoms with E-state index in [0.717, 1.165) is 0 Å². The molecule has 0 aromatic carbocycles. The van der Waals surface area contributed by atoms with Gasteiger partial charge in [0.25, 0.3) is 0 Å². The Balaban J connectivity index is 2.64. The summed E-state index contributed by atoms with van der Waals surface area (Å²) in [6.07, 6.45) is -4.74. The summed E-state index contributed by atoms with van der Waals surface area (Å²) >= 11 is 0. The lowest BCUT2D eigenvalue weighted by molar-refractivity contribution is -0.229. The fourth-order valence-corrected chi connectivity index (χ4v) is 1.83. The zero-order valence-corrected chi connectivity index (χ0v) is 8.04. The first-order chi connectivity index (χ1) is 6.56. The second-order valence-electron chi connectivity index (χ2n) is 4.12. The summed E-state index contributed by atoms with van der Waals surface area (Å²) in [6, 6.07) is 0. The van der Waals surface area contributed by atoms with Gasteiger partial charge in [-0.1, -0.05) is 20.2 Å². The van der Waals surface area contributed by atoms with Gasteiger partial charge in [0, 0.05) is 2.74 Å². The second kappa shape index (κ2) is 3.50. The summed E-state index contributed by atoms with van der Waals surface area (Å²) in [5.41, 5.74) is -1.60. The molecule has 1 aliphatic rings. The Hall–Kier alpha value is -0.210. The quantitative estimate of drug-likeness (QED) is 0.590. The van der Waals surface area contributed by atoms with E-state index in [1.165, 1.54) is 13.8 Å². The van der Waals surface area contributed by atoms with E-state index in [2.05, 4.69) is 0 Å². The molecule has 1 fully saturated rings. The molecule has 0 saturated heterocycles.